The van der Waals surface area contributed by atoms with Crippen LogP contribution in [-0.2, 0) is 4.74 Å². The van der Waals surface area contributed by atoms with Crippen LogP contribution in [0, 0.1) is 5.92 Å². The van der Waals surface area contributed by atoms with Crippen LogP contribution in [0.5, 0.6) is 0 Å². The first-order valence-electron chi connectivity index (χ1n) is 3.89. The molecule has 0 aromatic carbocycles. The molecule has 3 nitrogen and oxygen atoms in total. The summed E-state index contributed by atoms with van der Waals surface area (Å²) >= 11 is 0. The average Bonchev–Trinajstić information content (AvgIpc) is 2.30. The number of nitrogens with one attached hydrogen (secondary N) is 1. The number of carbonyl (C=O) groups excluding carboxylic acids is 1. The Morgan fingerprint density at radius 1 is 1.50 bits per heavy atom. The molecule has 2 fully saturated rings. The zero-order valence-corrected chi connectivity index (χ0v) is 6.35. The maximum Gasteiger partial charge on any atom is 0.407 e. The Labute approximate surface area is 68.1 Å². The minimum absolute atomic E-state index is 0.146. The van der Waals surface area contributed by atoms with E-state index in [4.69, 9.17) is 4.74 Å². The summed E-state index contributed by atoms with van der Waals surface area (Å²) in [5.41, 5.74) is 0. The summed E-state index contributed by atoms with van der Waals surface area (Å²) in [6.07, 6.45) is -1.12. The third-order valence-electron chi connectivity index (χ3n) is 2.35. The average molecular weight is 177 g/mol. The van der Waals surface area contributed by atoms with Crippen molar-refractivity contribution in [3.63, 3.8) is 0 Å². The van der Waals surface area contributed by atoms with Crippen molar-refractivity contribution in [1.29, 1.82) is 0 Å². The summed E-state index contributed by atoms with van der Waals surface area (Å²) in [5, 5.41) is 2.44. The summed E-state index contributed by atoms with van der Waals surface area (Å²) in [4.78, 5) is 10.5. The molecule has 0 spiro atoms. The number of cyclic esters (lactones) is 1. The van der Waals surface area contributed by atoms with Gasteiger partial charge in [0, 0.05) is 18.8 Å². The van der Waals surface area contributed by atoms with Crippen LogP contribution in [0.15, 0.2) is 0 Å². The molecule has 1 heterocycles. The maximum atomic E-state index is 12.4. The van der Waals surface area contributed by atoms with E-state index in [0.29, 0.717) is 6.54 Å². The van der Waals surface area contributed by atoms with Gasteiger partial charge in [0.25, 0.3) is 0 Å². The molecule has 1 saturated heterocycles. The first-order valence-corrected chi connectivity index (χ1v) is 3.89. The van der Waals surface area contributed by atoms with Gasteiger partial charge in [-0.15, -0.1) is 0 Å². The molecule has 68 valence electrons. The molecule has 1 aliphatic heterocycles. The molecule has 5 heteroatoms. The quantitative estimate of drug-likeness (QED) is 0.652. The minimum Gasteiger partial charge on any atom is -0.444 e. The van der Waals surface area contributed by atoms with Crippen LogP contribution >= 0.6 is 0 Å². The normalized spacial score (nSPS) is 33.8. The topological polar surface area (TPSA) is 38.3 Å². The second kappa shape index (κ2) is 2.31. The highest BCUT2D eigenvalue weighted by molar-refractivity contribution is 5.69. The zero-order chi connectivity index (χ0) is 8.77. The van der Waals surface area contributed by atoms with E-state index in [-0.39, 0.29) is 24.9 Å². The van der Waals surface area contributed by atoms with Crippen LogP contribution in [0.25, 0.3) is 0 Å². The van der Waals surface area contributed by atoms with Gasteiger partial charge >= 0.3 is 6.09 Å². The smallest absolute Gasteiger partial charge is 0.407 e. The van der Waals surface area contributed by atoms with E-state index in [1.54, 1.807) is 0 Å². The summed E-state index contributed by atoms with van der Waals surface area (Å²) < 4.78 is 29.5. The van der Waals surface area contributed by atoms with Crippen molar-refractivity contribution in [2.45, 2.75) is 24.9 Å². The Morgan fingerprint density at radius 3 is 2.58 bits per heavy atom. The van der Waals surface area contributed by atoms with E-state index in [0.717, 1.165) is 0 Å². The van der Waals surface area contributed by atoms with Crippen LogP contribution in [0.4, 0.5) is 13.6 Å². The molecule has 1 amide bonds. The Kier molecular flexibility index (Phi) is 1.49. The number of alkyl halides is 2. The summed E-state index contributed by atoms with van der Waals surface area (Å²) in [5.74, 6) is -2.68. The molecule has 1 saturated carbocycles. The lowest BCUT2D eigenvalue weighted by molar-refractivity contribution is -0.135. The lowest BCUT2D eigenvalue weighted by Gasteiger charge is -2.37. The van der Waals surface area contributed by atoms with Crippen molar-refractivity contribution in [3.05, 3.63) is 0 Å². The lowest BCUT2D eigenvalue weighted by atomic mass is 9.77. The van der Waals surface area contributed by atoms with E-state index >= 15 is 0 Å². The van der Waals surface area contributed by atoms with Gasteiger partial charge in [-0.3, -0.25) is 0 Å². The van der Waals surface area contributed by atoms with Gasteiger partial charge < -0.3 is 10.1 Å². The van der Waals surface area contributed by atoms with Crippen LogP contribution < -0.4 is 5.32 Å². The van der Waals surface area contributed by atoms with Gasteiger partial charge in [0.05, 0.1) is 6.54 Å². The molecule has 12 heavy (non-hydrogen) atoms. The molecular weight excluding hydrogens is 168 g/mol. The Morgan fingerprint density at radius 2 is 2.17 bits per heavy atom. The maximum absolute atomic E-state index is 12.4. The minimum atomic E-state index is -2.53. The van der Waals surface area contributed by atoms with Crippen molar-refractivity contribution in [1.82, 2.24) is 5.32 Å². The number of hydrogen-bond donors (Lipinski definition) is 1. The van der Waals surface area contributed by atoms with Gasteiger partial charge in [0.1, 0.15) is 6.10 Å². The van der Waals surface area contributed by atoms with Crippen molar-refractivity contribution in [2.75, 3.05) is 6.54 Å². The van der Waals surface area contributed by atoms with Gasteiger partial charge in [-0.25, -0.2) is 13.6 Å². The van der Waals surface area contributed by atoms with Crippen LogP contribution in [0.2, 0.25) is 0 Å². The van der Waals surface area contributed by atoms with Crippen LogP contribution in [-0.4, -0.2) is 24.7 Å². The number of ether oxygens (including phenoxy) is 1. The highest BCUT2D eigenvalue weighted by atomic mass is 19.3. The third kappa shape index (κ3) is 1.23. The predicted molar refractivity (Wildman–Crippen MR) is 35.9 cm³/mol. The zero-order valence-electron chi connectivity index (χ0n) is 6.35. The molecule has 1 N–H and O–H groups in total. The monoisotopic (exact) mass is 177 g/mol. The third-order valence-corrected chi connectivity index (χ3v) is 2.35. The second-order valence-electron chi connectivity index (χ2n) is 3.35. The van der Waals surface area contributed by atoms with Crippen molar-refractivity contribution < 1.29 is 18.3 Å². The molecule has 1 atom stereocenters. The van der Waals surface area contributed by atoms with E-state index in [2.05, 4.69) is 5.32 Å². The van der Waals surface area contributed by atoms with Crippen molar-refractivity contribution in [2.24, 2.45) is 5.92 Å². The standard InChI is InChI=1S/C7H9F2NO2/c8-7(9)1-4(2-7)5-3-10-6(11)12-5/h4-5H,1-3H2,(H,10,11). The second-order valence-corrected chi connectivity index (χ2v) is 3.35. The molecule has 1 aliphatic carbocycles. The number of rotatable bonds is 1. The fourth-order valence-electron chi connectivity index (χ4n) is 1.64. The number of alkyl carbamates (subject to hydrolysis) is 1. The lowest BCUT2D eigenvalue weighted by Crippen LogP contribution is -2.43. The molecule has 2 aliphatic rings. The fraction of sp³-hybridized carbons (Fsp3) is 0.857. The SMILES string of the molecule is O=C1NCC(C2CC(F)(F)C2)O1. The van der Waals surface area contributed by atoms with Crippen molar-refractivity contribution >= 4 is 6.09 Å². The Hall–Kier alpha value is -0.870. The first-order chi connectivity index (χ1) is 5.57. The number of carbonyl (C=O) groups is 1. The van der Waals surface area contributed by atoms with E-state index in [9.17, 15) is 13.6 Å². The Balaban J connectivity index is 1.85. The predicted octanol–water partition coefficient (Wildman–Crippen LogP) is 1.14. The summed E-state index contributed by atoms with van der Waals surface area (Å²) in [6.45, 7) is 0.375. The molecular formula is C7H9F2NO2. The highest BCUT2D eigenvalue weighted by Gasteiger charge is 2.50. The molecule has 0 bridgehead atoms. The highest BCUT2D eigenvalue weighted by Crippen LogP contribution is 2.45. The molecule has 0 radical (unpaired) electrons. The number of amides is 1. The van der Waals surface area contributed by atoms with Gasteiger partial charge in [-0.1, -0.05) is 0 Å². The van der Waals surface area contributed by atoms with Gasteiger partial charge in [-0.05, 0) is 0 Å². The fourth-order valence-corrected chi connectivity index (χ4v) is 1.64. The van der Waals surface area contributed by atoms with Gasteiger partial charge in [-0.2, -0.15) is 0 Å². The van der Waals surface area contributed by atoms with E-state index < -0.39 is 12.0 Å². The van der Waals surface area contributed by atoms with Crippen molar-refractivity contribution in [3.8, 4) is 0 Å². The summed E-state index contributed by atoms with van der Waals surface area (Å²) in [6, 6.07) is 0. The molecule has 1 unspecified atom stereocenters. The summed E-state index contributed by atoms with van der Waals surface area (Å²) in [7, 11) is 0. The largest absolute Gasteiger partial charge is 0.444 e. The Bertz CT molecular complexity index is 211. The van der Waals surface area contributed by atoms with E-state index in [1.807, 2.05) is 0 Å². The molecule has 2 rings (SSSR count). The first kappa shape index (κ1) is 7.76. The molecule has 0 aromatic rings. The number of halogens is 2. The van der Waals surface area contributed by atoms with Crippen LogP contribution in [0.1, 0.15) is 12.8 Å². The number of hydrogen-bond acceptors (Lipinski definition) is 2. The molecule has 0 aromatic heterocycles. The van der Waals surface area contributed by atoms with Crippen LogP contribution in [0.3, 0.4) is 0 Å². The van der Waals surface area contributed by atoms with E-state index in [1.165, 1.54) is 0 Å². The van der Waals surface area contributed by atoms with Gasteiger partial charge in [0.2, 0.25) is 5.92 Å². The van der Waals surface area contributed by atoms with Gasteiger partial charge in [0.15, 0.2) is 0 Å².